The van der Waals surface area contributed by atoms with Crippen LogP contribution in [-0.4, -0.2) is 50.4 Å². The fraction of sp³-hybridized carbons (Fsp3) is 0.500. The first kappa shape index (κ1) is 17.5. The molecule has 23 heavy (non-hydrogen) atoms. The van der Waals surface area contributed by atoms with Crippen LogP contribution in [0.5, 0.6) is 0 Å². The second kappa shape index (κ2) is 7.14. The standard InChI is InChI=1S/C14H16F4N2O3/c1-22-8-10-7-20(4-5-23-10)13(21)19-12-6-9(14(16,17)18)2-3-11(12)15/h2-3,6,10H,4-5,7-8H2,1H3,(H,19,21)/t10-/m0/s1. The largest absolute Gasteiger partial charge is 0.416 e. The molecule has 0 aliphatic carbocycles. The normalized spacial score (nSPS) is 18.8. The van der Waals surface area contributed by atoms with Gasteiger partial charge in [0.25, 0.3) is 0 Å². The predicted octanol–water partition coefficient (Wildman–Crippen LogP) is 2.72. The number of hydrogen-bond acceptors (Lipinski definition) is 3. The molecule has 1 saturated heterocycles. The van der Waals surface area contributed by atoms with Crippen molar-refractivity contribution in [2.45, 2.75) is 12.3 Å². The van der Waals surface area contributed by atoms with Gasteiger partial charge in [0.15, 0.2) is 0 Å². The van der Waals surface area contributed by atoms with Crippen LogP contribution < -0.4 is 5.32 Å². The van der Waals surface area contributed by atoms with Gasteiger partial charge in [-0.05, 0) is 18.2 Å². The molecule has 2 rings (SSSR count). The Labute approximate surface area is 130 Å². The number of carbonyl (C=O) groups excluding carboxylic acids is 1. The number of nitrogens with zero attached hydrogens (tertiary/aromatic N) is 1. The molecule has 1 aromatic rings. The van der Waals surface area contributed by atoms with E-state index in [9.17, 15) is 22.4 Å². The van der Waals surface area contributed by atoms with E-state index < -0.39 is 29.3 Å². The van der Waals surface area contributed by atoms with E-state index >= 15 is 0 Å². The second-order valence-corrected chi connectivity index (χ2v) is 5.02. The summed E-state index contributed by atoms with van der Waals surface area (Å²) < 4.78 is 61.9. The summed E-state index contributed by atoms with van der Waals surface area (Å²) in [7, 11) is 1.49. The summed E-state index contributed by atoms with van der Waals surface area (Å²) in [5.74, 6) is -0.937. The lowest BCUT2D eigenvalue weighted by Crippen LogP contribution is -2.48. The highest BCUT2D eigenvalue weighted by atomic mass is 19.4. The quantitative estimate of drug-likeness (QED) is 0.864. The van der Waals surface area contributed by atoms with Crippen molar-refractivity contribution in [3.8, 4) is 0 Å². The van der Waals surface area contributed by atoms with Gasteiger partial charge in [-0.15, -0.1) is 0 Å². The Morgan fingerprint density at radius 3 is 2.87 bits per heavy atom. The lowest BCUT2D eigenvalue weighted by atomic mass is 10.2. The van der Waals surface area contributed by atoms with Crippen LogP contribution in [0.2, 0.25) is 0 Å². The summed E-state index contributed by atoms with van der Waals surface area (Å²) in [6.07, 6.45) is -4.94. The van der Waals surface area contributed by atoms with Crippen LogP contribution in [0.15, 0.2) is 18.2 Å². The maximum absolute atomic E-state index is 13.6. The number of carbonyl (C=O) groups is 1. The Kier molecular flexibility index (Phi) is 5.42. The molecule has 5 nitrogen and oxygen atoms in total. The number of methoxy groups -OCH3 is 1. The van der Waals surface area contributed by atoms with Gasteiger partial charge in [0.05, 0.1) is 37.1 Å². The lowest BCUT2D eigenvalue weighted by Gasteiger charge is -2.32. The summed E-state index contributed by atoms with van der Waals surface area (Å²) in [5.41, 5.74) is -1.55. The van der Waals surface area contributed by atoms with Gasteiger partial charge in [-0.1, -0.05) is 0 Å². The Morgan fingerprint density at radius 2 is 2.22 bits per heavy atom. The summed E-state index contributed by atoms with van der Waals surface area (Å²) in [5, 5.41) is 2.17. The molecule has 1 fully saturated rings. The van der Waals surface area contributed by atoms with Gasteiger partial charge in [0, 0.05) is 13.7 Å². The molecule has 1 atom stereocenters. The number of nitrogens with one attached hydrogen (secondary N) is 1. The van der Waals surface area contributed by atoms with Crippen LogP contribution in [0.4, 0.5) is 28.0 Å². The Morgan fingerprint density at radius 1 is 1.48 bits per heavy atom. The van der Waals surface area contributed by atoms with Gasteiger partial charge in [-0.3, -0.25) is 0 Å². The van der Waals surface area contributed by atoms with E-state index in [1.165, 1.54) is 12.0 Å². The second-order valence-electron chi connectivity index (χ2n) is 5.02. The fourth-order valence-corrected chi connectivity index (χ4v) is 2.18. The summed E-state index contributed by atoms with van der Waals surface area (Å²) in [4.78, 5) is 13.4. The maximum Gasteiger partial charge on any atom is 0.416 e. The number of amides is 2. The Hall–Kier alpha value is -1.87. The number of urea groups is 1. The van der Waals surface area contributed by atoms with Crippen molar-refractivity contribution in [2.75, 3.05) is 38.7 Å². The summed E-state index contributed by atoms with van der Waals surface area (Å²) >= 11 is 0. The lowest BCUT2D eigenvalue weighted by molar-refractivity contribution is -0.137. The maximum atomic E-state index is 13.6. The van der Waals surface area contributed by atoms with Gasteiger partial charge < -0.3 is 19.7 Å². The molecule has 0 unspecified atom stereocenters. The number of rotatable bonds is 3. The van der Waals surface area contributed by atoms with Crippen LogP contribution >= 0.6 is 0 Å². The van der Waals surface area contributed by atoms with Crippen LogP contribution in [0.1, 0.15) is 5.56 Å². The van der Waals surface area contributed by atoms with E-state index in [-0.39, 0.29) is 32.4 Å². The zero-order chi connectivity index (χ0) is 17.0. The third-order valence-electron chi connectivity index (χ3n) is 3.31. The van der Waals surface area contributed by atoms with E-state index in [2.05, 4.69) is 5.32 Å². The monoisotopic (exact) mass is 336 g/mol. The first-order chi connectivity index (χ1) is 10.8. The van der Waals surface area contributed by atoms with Gasteiger partial charge >= 0.3 is 12.2 Å². The minimum atomic E-state index is -4.62. The fourth-order valence-electron chi connectivity index (χ4n) is 2.18. The molecular weight excluding hydrogens is 320 g/mol. The molecule has 0 spiro atoms. The highest BCUT2D eigenvalue weighted by Gasteiger charge is 2.32. The molecule has 128 valence electrons. The molecule has 0 aromatic heterocycles. The minimum absolute atomic E-state index is 0.209. The van der Waals surface area contributed by atoms with Crippen LogP contribution in [0.25, 0.3) is 0 Å². The molecular formula is C14H16F4N2O3. The Bertz CT molecular complexity index is 563. The number of alkyl halides is 3. The smallest absolute Gasteiger partial charge is 0.382 e. The van der Waals surface area contributed by atoms with E-state index in [1.54, 1.807) is 0 Å². The first-order valence-electron chi connectivity index (χ1n) is 6.84. The number of halogens is 4. The molecule has 1 heterocycles. The third-order valence-corrected chi connectivity index (χ3v) is 3.31. The van der Waals surface area contributed by atoms with Crippen molar-refractivity contribution in [3.63, 3.8) is 0 Å². The number of morpholine rings is 1. The summed E-state index contributed by atoms with van der Waals surface area (Å²) in [6.45, 7) is 1.01. The van der Waals surface area contributed by atoms with Gasteiger partial charge in [0.1, 0.15) is 5.82 Å². The molecule has 0 bridgehead atoms. The van der Waals surface area contributed by atoms with Crippen molar-refractivity contribution in [1.82, 2.24) is 4.90 Å². The van der Waals surface area contributed by atoms with Crippen molar-refractivity contribution < 1.29 is 31.8 Å². The first-order valence-corrected chi connectivity index (χ1v) is 6.84. The topological polar surface area (TPSA) is 50.8 Å². The van der Waals surface area contributed by atoms with Crippen LogP contribution in [0, 0.1) is 5.82 Å². The molecule has 1 aliphatic heterocycles. The third kappa shape index (κ3) is 4.55. The van der Waals surface area contributed by atoms with Crippen LogP contribution in [-0.2, 0) is 15.7 Å². The highest BCUT2D eigenvalue weighted by Crippen LogP contribution is 2.31. The molecule has 0 radical (unpaired) electrons. The van der Waals surface area contributed by atoms with Gasteiger partial charge in [0.2, 0.25) is 0 Å². The number of hydrogen-bond donors (Lipinski definition) is 1. The molecule has 1 aromatic carbocycles. The Balaban J connectivity index is 2.07. The number of ether oxygens (including phenoxy) is 2. The molecule has 9 heteroatoms. The van der Waals surface area contributed by atoms with E-state index in [0.29, 0.717) is 18.2 Å². The van der Waals surface area contributed by atoms with E-state index in [1.807, 2.05) is 0 Å². The van der Waals surface area contributed by atoms with Gasteiger partial charge in [-0.25, -0.2) is 9.18 Å². The van der Waals surface area contributed by atoms with Crippen LogP contribution in [0.3, 0.4) is 0 Å². The van der Waals surface area contributed by atoms with Crippen molar-refractivity contribution in [1.29, 1.82) is 0 Å². The SMILES string of the molecule is COC[C@@H]1CN(C(=O)Nc2cc(C(F)(F)F)ccc2F)CCO1. The number of benzene rings is 1. The summed E-state index contributed by atoms with van der Waals surface area (Å²) in [6, 6.07) is 1.17. The van der Waals surface area contributed by atoms with E-state index in [4.69, 9.17) is 9.47 Å². The van der Waals surface area contributed by atoms with Crippen molar-refractivity contribution in [2.24, 2.45) is 0 Å². The molecule has 1 N–H and O–H groups in total. The minimum Gasteiger partial charge on any atom is -0.382 e. The van der Waals surface area contributed by atoms with E-state index in [0.717, 1.165) is 0 Å². The molecule has 2 amide bonds. The van der Waals surface area contributed by atoms with Crippen molar-refractivity contribution >= 4 is 11.7 Å². The zero-order valence-corrected chi connectivity index (χ0v) is 12.3. The number of anilines is 1. The zero-order valence-electron chi connectivity index (χ0n) is 12.3. The highest BCUT2D eigenvalue weighted by molar-refractivity contribution is 5.89. The van der Waals surface area contributed by atoms with Crippen molar-refractivity contribution in [3.05, 3.63) is 29.6 Å². The molecule has 1 aliphatic rings. The predicted molar refractivity (Wildman–Crippen MR) is 73.6 cm³/mol. The average molecular weight is 336 g/mol. The average Bonchev–Trinajstić information content (AvgIpc) is 2.49. The molecule has 0 saturated carbocycles. The van der Waals surface area contributed by atoms with Gasteiger partial charge in [-0.2, -0.15) is 13.2 Å².